The van der Waals surface area contributed by atoms with Crippen LogP contribution in [0.4, 0.5) is 0 Å². The van der Waals surface area contributed by atoms with E-state index in [4.69, 9.17) is 27.9 Å². The van der Waals surface area contributed by atoms with Crippen LogP contribution in [0.5, 0.6) is 0 Å². The van der Waals surface area contributed by atoms with Gasteiger partial charge in [-0.15, -0.1) is 0 Å². The molecule has 0 unspecified atom stereocenters. The fourth-order valence-corrected chi connectivity index (χ4v) is 4.07. The lowest BCUT2D eigenvalue weighted by molar-refractivity contribution is -0.121. The summed E-state index contributed by atoms with van der Waals surface area (Å²) in [6, 6.07) is 12.6. The van der Waals surface area contributed by atoms with Crippen LogP contribution in [0, 0.1) is 0 Å². The van der Waals surface area contributed by atoms with Gasteiger partial charge in [-0.05, 0) is 48.4 Å². The summed E-state index contributed by atoms with van der Waals surface area (Å²) in [5.41, 5.74) is 0.717. The van der Waals surface area contributed by atoms with Crippen molar-refractivity contribution in [3.63, 3.8) is 0 Å². The zero-order chi connectivity index (χ0) is 20.6. The Morgan fingerprint density at radius 3 is 2.18 bits per heavy atom. The van der Waals surface area contributed by atoms with Crippen molar-refractivity contribution in [2.24, 2.45) is 0 Å². The molecule has 0 atom stereocenters. The quantitative estimate of drug-likeness (QED) is 0.570. The zero-order valence-electron chi connectivity index (χ0n) is 15.4. The number of nitrogens with one attached hydrogen (secondary N) is 1. The van der Waals surface area contributed by atoms with E-state index in [9.17, 15) is 13.2 Å². The van der Waals surface area contributed by atoms with Crippen molar-refractivity contribution in [2.75, 3.05) is 26.8 Å². The average molecular weight is 445 g/mol. The van der Waals surface area contributed by atoms with Gasteiger partial charge >= 0.3 is 0 Å². The molecule has 0 aromatic heterocycles. The number of benzene rings is 2. The van der Waals surface area contributed by atoms with E-state index in [1.807, 2.05) is 0 Å². The van der Waals surface area contributed by atoms with Crippen molar-refractivity contribution in [3.8, 4) is 0 Å². The first-order valence-electron chi connectivity index (χ1n) is 8.58. The highest BCUT2D eigenvalue weighted by molar-refractivity contribution is 7.89. The molecule has 1 N–H and O–H groups in total. The smallest absolute Gasteiger partial charge is 0.243 e. The number of rotatable bonds is 10. The molecule has 152 valence electrons. The van der Waals surface area contributed by atoms with Crippen molar-refractivity contribution < 1.29 is 17.9 Å². The van der Waals surface area contributed by atoms with Crippen LogP contribution >= 0.6 is 23.2 Å². The van der Waals surface area contributed by atoms with Crippen LogP contribution in [0.25, 0.3) is 0 Å². The number of hydrogen-bond donors (Lipinski definition) is 1. The summed E-state index contributed by atoms with van der Waals surface area (Å²) in [5.74, 6) is -0.386. The van der Waals surface area contributed by atoms with E-state index in [-0.39, 0.29) is 23.9 Å². The van der Waals surface area contributed by atoms with Gasteiger partial charge in [0.2, 0.25) is 15.9 Å². The van der Waals surface area contributed by atoms with Gasteiger partial charge < -0.3 is 10.1 Å². The molecular formula is C19H22Cl2N2O4S. The number of carbonyl (C=O) groups excluding carboxylic acids is 1. The minimum atomic E-state index is -3.90. The summed E-state index contributed by atoms with van der Waals surface area (Å²) < 4.78 is 32.2. The maximum atomic E-state index is 13.1. The molecule has 0 heterocycles. The summed E-state index contributed by atoms with van der Waals surface area (Å²) in [4.78, 5) is 12.4. The molecular weight excluding hydrogens is 423 g/mol. The lowest BCUT2D eigenvalue weighted by Gasteiger charge is -2.22. The Bertz CT molecular complexity index is 872. The summed E-state index contributed by atoms with van der Waals surface area (Å²) in [5, 5.41) is 3.69. The van der Waals surface area contributed by atoms with Crippen LogP contribution in [0.1, 0.15) is 12.0 Å². The van der Waals surface area contributed by atoms with Gasteiger partial charge in [0.15, 0.2) is 0 Å². The predicted molar refractivity (Wildman–Crippen MR) is 110 cm³/mol. The predicted octanol–water partition coefficient (Wildman–Crippen LogP) is 3.34. The summed E-state index contributed by atoms with van der Waals surface area (Å²) in [6.07, 6.45) is 0.642. The van der Waals surface area contributed by atoms with E-state index >= 15 is 0 Å². The number of hydrogen-bond acceptors (Lipinski definition) is 4. The van der Waals surface area contributed by atoms with Crippen molar-refractivity contribution in [2.45, 2.75) is 17.9 Å². The zero-order valence-corrected chi connectivity index (χ0v) is 17.7. The Hall–Kier alpha value is -1.64. The molecule has 0 bridgehead atoms. The molecule has 0 aliphatic rings. The second-order valence-corrected chi connectivity index (χ2v) is 8.86. The molecule has 0 saturated heterocycles. The van der Waals surface area contributed by atoms with Crippen LogP contribution in [-0.4, -0.2) is 45.4 Å². The van der Waals surface area contributed by atoms with Crippen LogP contribution in [0.3, 0.4) is 0 Å². The van der Waals surface area contributed by atoms with Gasteiger partial charge in [-0.3, -0.25) is 4.79 Å². The Morgan fingerprint density at radius 2 is 1.61 bits per heavy atom. The normalized spacial score (nSPS) is 11.6. The lowest BCUT2D eigenvalue weighted by Crippen LogP contribution is -2.40. The maximum absolute atomic E-state index is 13.1. The van der Waals surface area contributed by atoms with Crippen molar-refractivity contribution in [3.05, 3.63) is 64.1 Å². The highest BCUT2D eigenvalue weighted by Crippen LogP contribution is 2.21. The summed E-state index contributed by atoms with van der Waals surface area (Å²) >= 11 is 11.8. The average Bonchev–Trinajstić information content (AvgIpc) is 2.67. The minimum Gasteiger partial charge on any atom is -0.385 e. The van der Waals surface area contributed by atoms with Gasteiger partial charge in [-0.1, -0.05) is 35.3 Å². The summed E-state index contributed by atoms with van der Waals surface area (Å²) in [7, 11) is -2.32. The van der Waals surface area contributed by atoms with E-state index in [2.05, 4.69) is 5.32 Å². The molecule has 2 aromatic rings. The molecule has 0 fully saturated rings. The van der Waals surface area contributed by atoms with E-state index in [1.165, 1.54) is 24.3 Å². The molecule has 0 aliphatic heterocycles. The number of ether oxygens (including phenoxy) is 1. The molecule has 6 nitrogen and oxygen atoms in total. The number of methoxy groups -OCH3 is 1. The third kappa shape index (κ3) is 6.76. The minimum absolute atomic E-state index is 0.0353. The van der Waals surface area contributed by atoms with Gasteiger partial charge in [0, 0.05) is 36.9 Å². The lowest BCUT2D eigenvalue weighted by atomic mass is 10.2. The fraction of sp³-hybridized carbons (Fsp3) is 0.316. The van der Waals surface area contributed by atoms with E-state index in [1.54, 1.807) is 31.4 Å². The summed E-state index contributed by atoms with van der Waals surface area (Å²) in [6.45, 7) is 0.647. The first-order chi connectivity index (χ1) is 13.3. The second-order valence-electron chi connectivity index (χ2n) is 6.05. The molecule has 0 aliphatic carbocycles. The number of sulfonamides is 1. The highest BCUT2D eigenvalue weighted by Gasteiger charge is 2.26. The third-order valence-electron chi connectivity index (χ3n) is 3.89. The van der Waals surface area contributed by atoms with Crippen LogP contribution < -0.4 is 5.32 Å². The SMILES string of the molecule is COCCCNC(=O)CN(Cc1ccc(Cl)cc1)S(=O)(=O)c1ccc(Cl)cc1. The van der Waals surface area contributed by atoms with Crippen molar-refractivity contribution in [1.29, 1.82) is 0 Å². The Kier molecular flexibility index (Phi) is 8.72. The molecule has 0 saturated carbocycles. The molecule has 28 heavy (non-hydrogen) atoms. The topological polar surface area (TPSA) is 75.7 Å². The largest absolute Gasteiger partial charge is 0.385 e. The van der Waals surface area contributed by atoms with Gasteiger partial charge in [-0.2, -0.15) is 4.31 Å². The van der Waals surface area contributed by atoms with Crippen LogP contribution in [0.15, 0.2) is 53.4 Å². The first kappa shape index (κ1) is 22.6. The Morgan fingerprint density at radius 1 is 1.04 bits per heavy atom. The van der Waals surface area contributed by atoms with E-state index < -0.39 is 10.0 Å². The molecule has 1 amide bonds. The molecule has 2 rings (SSSR count). The highest BCUT2D eigenvalue weighted by atomic mass is 35.5. The Labute approximate surface area is 175 Å². The third-order valence-corrected chi connectivity index (χ3v) is 6.20. The standard InChI is InChI=1S/C19H22Cl2N2O4S/c1-27-12-2-11-22-19(24)14-23(13-15-3-5-16(20)6-4-15)28(25,26)18-9-7-17(21)8-10-18/h3-10H,2,11-14H2,1H3,(H,22,24). The second kappa shape index (κ2) is 10.8. The van der Waals surface area contributed by atoms with Gasteiger partial charge in [0.05, 0.1) is 11.4 Å². The van der Waals surface area contributed by atoms with Crippen molar-refractivity contribution in [1.82, 2.24) is 9.62 Å². The monoisotopic (exact) mass is 444 g/mol. The van der Waals surface area contributed by atoms with E-state index in [0.29, 0.717) is 35.2 Å². The van der Waals surface area contributed by atoms with Crippen LogP contribution in [-0.2, 0) is 26.1 Å². The Balaban J connectivity index is 2.20. The van der Waals surface area contributed by atoms with Gasteiger partial charge in [0.1, 0.15) is 0 Å². The van der Waals surface area contributed by atoms with Crippen molar-refractivity contribution >= 4 is 39.1 Å². The van der Waals surface area contributed by atoms with Gasteiger partial charge in [-0.25, -0.2) is 8.42 Å². The number of nitrogens with zero attached hydrogens (tertiary/aromatic N) is 1. The number of amides is 1. The first-order valence-corrected chi connectivity index (χ1v) is 10.8. The molecule has 2 aromatic carbocycles. The van der Waals surface area contributed by atoms with Gasteiger partial charge in [0.25, 0.3) is 0 Å². The molecule has 0 radical (unpaired) electrons. The fourth-order valence-electron chi connectivity index (χ4n) is 2.44. The number of halogens is 2. The molecule has 9 heteroatoms. The number of carbonyl (C=O) groups is 1. The van der Waals surface area contributed by atoms with Crippen LogP contribution in [0.2, 0.25) is 10.0 Å². The van der Waals surface area contributed by atoms with E-state index in [0.717, 1.165) is 4.31 Å². The maximum Gasteiger partial charge on any atom is 0.243 e. The molecule has 0 spiro atoms.